The van der Waals surface area contributed by atoms with E-state index in [1.807, 2.05) is 31.2 Å². The van der Waals surface area contributed by atoms with Gasteiger partial charge >= 0.3 is 0 Å². The molecule has 0 aliphatic rings. The van der Waals surface area contributed by atoms with Gasteiger partial charge in [0.05, 0.1) is 13.7 Å². The molecule has 4 heteroatoms. The quantitative estimate of drug-likeness (QED) is 0.706. The number of ether oxygens (including phenoxy) is 2. The van der Waals surface area contributed by atoms with Gasteiger partial charge in [0, 0.05) is 25.2 Å². The summed E-state index contributed by atoms with van der Waals surface area (Å²) >= 11 is 0. The Morgan fingerprint density at radius 3 is 2.35 bits per heavy atom. The van der Waals surface area contributed by atoms with E-state index in [1.165, 1.54) is 0 Å². The summed E-state index contributed by atoms with van der Waals surface area (Å²) in [6, 6.07) is 8.25. The second-order valence-corrected chi connectivity index (χ2v) is 4.87. The fourth-order valence-electron chi connectivity index (χ4n) is 2.31. The zero-order valence-electron chi connectivity index (χ0n) is 13.1. The molecule has 0 spiro atoms. The number of hydrogen-bond donors (Lipinski definition) is 1. The number of methoxy groups -OCH3 is 1. The lowest BCUT2D eigenvalue weighted by Gasteiger charge is -2.32. The Morgan fingerprint density at radius 2 is 1.85 bits per heavy atom. The SMILES string of the molecule is CCOCCN(CC)C(C)C(N)c1ccc(OC)cc1. The number of hydrogen-bond acceptors (Lipinski definition) is 4. The van der Waals surface area contributed by atoms with Crippen LogP contribution in [0.5, 0.6) is 5.75 Å². The highest BCUT2D eigenvalue weighted by Crippen LogP contribution is 2.21. The maximum absolute atomic E-state index is 6.39. The third kappa shape index (κ3) is 4.78. The van der Waals surface area contributed by atoms with Gasteiger partial charge in [-0.2, -0.15) is 0 Å². The Hall–Kier alpha value is -1.10. The maximum Gasteiger partial charge on any atom is 0.118 e. The molecule has 1 rings (SSSR count). The minimum atomic E-state index is -0.0116. The van der Waals surface area contributed by atoms with Crippen LogP contribution in [-0.2, 0) is 4.74 Å². The molecule has 0 aromatic heterocycles. The van der Waals surface area contributed by atoms with Crippen LogP contribution in [0.25, 0.3) is 0 Å². The van der Waals surface area contributed by atoms with Crippen molar-refractivity contribution in [1.82, 2.24) is 4.90 Å². The summed E-state index contributed by atoms with van der Waals surface area (Å²) in [4.78, 5) is 2.35. The summed E-state index contributed by atoms with van der Waals surface area (Å²) in [6.07, 6.45) is 0. The molecule has 0 aliphatic carbocycles. The van der Waals surface area contributed by atoms with Crippen LogP contribution in [0.3, 0.4) is 0 Å². The van der Waals surface area contributed by atoms with Crippen LogP contribution in [0, 0.1) is 0 Å². The lowest BCUT2D eigenvalue weighted by molar-refractivity contribution is 0.0940. The van der Waals surface area contributed by atoms with Gasteiger partial charge in [0.2, 0.25) is 0 Å². The van der Waals surface area contributed by atoms with Crippen LogP contribution in [0.2, 0.25) is 0 Å². The normalized spacial score (nSPS) is 14.3. The maximum atomic E-state index is 6.39. The van der Waals surface area contributed by atoms with Crippen LogP contribution in [0.15, 0.2) is 24.3 Å². The molecule has 1 aromatic carbocycles. The molecule has 0 radical (unpaired) electrons. The van der Waals surface area contributed by atoms with E-state index >= 15 is 0 Å². The lowest BCUT2D eigenvalue weighted by atomic mass is 10.00. The molecule has 2 atom stereocenters. The van der Waals surface area contributed by atoms with Crippen molar-refractivity contribution in [2.24, 2.45) is 5.73 Å². The fourth-order valence-corrected chi connectivity index (χ4v) is 2.31. The second-order valence-electron chi connectivity index (χ2n) is 4.87. The van der Waals surface area contributed by atoms with Crippen molar-refractivity contribution in [1.29, 1.82) is 0 Å². The number of rotatable bonds is 9. The first-order chi connectivity index (χ1) is 9.63. The number of nitrogens with two attached hydrogens (primary N) is 1. The minimum Gasteiger partial charge on any atom is -0.497 e. The molecule has 0 saturated carbocycles. The topological polar surface area (TPSA) is 47.7 Å². The summed E-state index contributed by atoms with van der Waals surface area (Å²) in [6.45, 7) is 9.74. The van der Waals surface area contributed by atoms with Gasteiger partial charge in [0.25, 0.3) is 0 Å². The van der Waals surface area contributed by atoms with Gasteiger partial charge in [-0.1, -0.05) is 19.1 Å². The van der Waals surface area contributed by atoms with E-state index in [-0.39, 0.29) is 12.1 Å². The number of likely N-dealkylation sites (N-methyl/N-ethyl adjacent to an activating group) is 1. The predicted molar refractivity (Wildman–Crippen MR) is 83.1 cm³/mol. The highest BCUT2D eigenvalue weighted by molar-refractivity contribution is 5.29. The Labute approximate surface area is 122 Å². The molecule has 0 fully saturated rings. The number of benzene rings is 1. The second kappa shape index (κ2) is 8.95. The van der Waals surface area contributed by atoms with E-state index < -0.39 is 0 Å². The van der Waals surface area contributed by atoms with E-state index in [1.54, 1.807) is 7.11 Å². The van der Waals surface area contributed by atoms with Crippen LogP contribution in [0.4, 0.5) is 0 Å². The summed E-state index contributed by atoms with van der Waals surface area (Å²) in [5.74, 6) is 0.859. The monoisotopic (exact) mass is 280 g/mol. The smallest absolute Gasteiger partial charge is 0.118 e. The molecule has 114 valence electrons. The van der Waals surface area contributed by atoms with Crippen molar-refractivity contribution in [3.8, 4) is 5.75 Å². The Morgan fingerprint density at radius 1 is 1.20 bits per heavy atom. The summed E-state index contributed by atoms with van der Waals surface area (Å²) in [7, 11) is 1.67. The van der Waals surface area contributed by atoms with Crippen LogP contribution >= 0.6 is 0 Å². The molecule has 1 aromatic rings. The summed E-state index contributed by atoms with van der Waals surface area (Å²) in [5.41, 5.74) is 7.52. The van der Waals surface area contributed by atoms with Gasteiger partial charge in [-0.3, -0.25) is 4.90 Å². The van der Waals surface area contributed by atoms with Crippen LogP contribution in [-0.4, -0.2) is 44.4 Å². The third-order valence-corrected chi connectivity index (χ3v) is 3.73. The van der Waals surface area contributed by atoms with E-state index in [9.17, 15) is 0 Å². The third-order valence-electron chi connectivity index (χ3n) is 3.73. The van der Waals surface area contributed by atoms with Gasteiger partial charge < -0.3 is 15.2 Å². The van der Waals surface area contributed by atoms with E-state index in [0.29, 0.717) is 0 Å². The van der Waals surface area contributed by atoms with Crippen molar-refractivity contribution in [3.05, 3.63) is 29.8 Å². The van der Waals surface area contributed by atoms with Crippen LogP contribution < -0.4 is 10.5 Å². The zero-order valence-corrected chi connectivity index (χ0v) is 13.1. The average molecular weight is 280 g/mol. The molecule has 2 unspecified atom stereocenters. The molecule has 4 nitrogen and oxygen atoms in total. The summed E-state index contributed by atoms with van der Waals surface area (Å²) in [5, 5.41) is 0. The van der Waals surface area contributed by atoms with Gasteiger partial charge in [0.15, 0.2) is 0 Å². The van der Waals surface area contributed by atoms with Crippen molar-refractivity contribution in [3.63, 3.8) is 0 Å². The van der Waals surface area contributed by atoms with Gasteiger partial charge in [-0.15, -0.1) is 0 Å². The molecule has 0 heterocycles. The number of nitrogens with zero attached hydrogens (tertiary/aromatic N) is 1. The van der Waals surface area contributed by atoms with Gasteiger partial charge in [0.1, 0.15) is 5.75 Å². The molecular formula is C16H28N2O2. The lowest BCUT2D eigenvalue weighted by Crippen LogP contribution is -2.42. The molecule has 0 amide bonds. The van der Waals surface area contributed by atoms with Crippen molar-refractivity contribution < 1.29 is 9.47 Å². The van der Waals surface area contributed by atoms with Crippen molar-refractivity contribution in [2.45, 2.75) is 32.9 Å². The average Bonchev–Trinajstić information content (AvgIpc) is 2.50. The predicted octanol–water partition coefficient (Wildman–Crippen LogP) is 2.44. The first kappa shape index (κ1) is 17.0. The molecular weight excluding hydrogens is 252 g/mol. The largest absolute Gasteiger partial charge is 0.497 e. The van der Waals surface area contributed by atoms with E-state index in [4.69, 9.17) is 15.2 Å². The van der Waals surface area contributed by atoms with E-state index in [0.717, 1.165) is 37.6 Å². The van der Waals surface area contributed by atoms with Crippen molar-refractivity contribution >= 4 is 0 Å². The fraction of sp³-hybridized carbons (Fsp3) is 0.625. The standard InChI is InChI=1S/C16H28N2O2/c1-5-18(11-12-20-6-2)13(3)16(17)14-7-9-15(19-4)10-8-14/h7-10,13,16H,5-6,11-12,17H2,1-4H3. The summed E-state index contributed by atoms with van der Waals surface area (Å²) < 4.78 is 10.6. The zero-order chi connectivity index (χ0) is 15.0. The van der Waals surface area contributed by atoms with E-state index in [2.05, 4.69) is 18.7 Å². The minimum absolute atomic E-state index is 0.0116. The van der Waals surface area contributed by atoms with Crippen molar-refractivity contribution in [2.75, 3.05) is 33.4 Å². The molecule has 20 heavy (non-hydrogen) atoms. The Bertz CT molecular complexity index is 367. The first-order valence-corrected chi connectivity index (χ1v) is 7.35. The molecule has 2 N–H and O–H groups in total. The molecule has 0 aliphatic heterocycles. The first-order valence-electron chi connectivity index (χ1n) is 7.35. The van der Waals surface area contributed by atoms with Gasteiger partial charge in [-0.25, -0.2) is 0 Å². The highest BCUT2D eigenvalue weighted by Gasteiger charge is 2.20. The Kier molecular flexibility index (Phi) is 7.59. The molecule has 0 bridgehead atoms. The van der Waals surface area contributed by atoms with Crippen LogP contribution in [0.1, 0.15) is 32.4 Å². The highest BCUT2D eigenvalue weighted by atomic mass is 16.5. The molecule has 0 saturated heterocycles. The Balaban J connectivity index is 2.64. The van der Waals surface area contributed by atoms with Gasteiger partial charge in [-0.05, 0) is 38.1 Å².